The van der Waals surface area contributed by atoms with Gasteiger partial charge in [-0.25, -0.2) is 0 Å². The molecule has 0 aromatic carbocycles. The van der Waals surface area contributed by atoms with Crippen molar-refractivity contribution in [3.8, 4) is 0 Å². The van der Waals surface area contributed by atoms with E-state index in [2.05, 4.69) is 31.3 Å². The standard InChI is InChI=1S/C37H72BNO3/c1-4-6-8-10-12-14-16-18-19-21-23-25-27-29-31-33-37(40)39-35-34-41-38(3)42-36(35)32-30-28-26-24-22-20-17-15-13-11-9-7-5-2/h30,32,35-36H,4-29,31,33-34H2,1-3H3,(H,39,40)/b32-30+/t35-,36?/m0/s1. The second-order valence-corrected chi connectivity index (χ2v) is 13.1. The molecule has 1 amide bonds. The summed E-state index contributed by atoms with van der Waals surface area (Å²) in [7, 11) is -0.217. The van der Waals surface area contributed by atoms with E-state index in [0.29, 0.717) is 13.0 Å². The molecule has 42 heavy (non-hydrogen) atoms. The molecule has 2 atom stereocenters. The van der Waals surface area contributed by atoms with Crippen LogP contribution in [0.4, 0.5) is 0 Å². The van der Waals surface area contributed by atoms with Crippen LogP contribution in [0, 0.1) is 0 Å². The predicted octanol–water partition coefficient (Wildman–Crippen LogP) is 11.5. The lowest BCUT2D eigenvalue weighted by Gasteiger charge is -2.33. The fourth-order valence-corrected chi connectivity index (χ4v) is 6.09. The van der Waals surface area contributed by atoms with Crippen molar-refractivity contribution in [1.82, 2.24) is 5.32 Å². The second-order valence-electron chi connectivity index (χ2n) is 13.1. The fraction of sp³-hybridized carbons (Fsp3) is 0.919. The van der Waals surface area contributed by atoms with Crippen LogP contribution in [-0.2, 0) is 14.1 Å². The zero-order valence-corrected chi connectivity index (χ0v) is 28.6. The number of rotatable bonds is 30. The highest BCUT2D eigenvalue weighted by Gasteiger charge is 2.31. The minimum atomic E-state index is -0.217. The van der Waals surface area contributed by atoms with Gasteiger partial charge in [-0.1, -0.05) is 180 Å². The van der Waals surface area contributed by atoms with Gasteiger partial charge in [0.15, 0.2) is 0 Å². The third-order valence-corrected chi connectivity index (χ3v) is 8.91. The molecule has 1 N–H and O–H groups in total. The molecule has 0 saturated carbocycles. The molecule has 1 saturated heterocycles. The Morgan fingerprint density at radius 2 is 1.05 bits per heavy atom. The Balaban J connectivity index is 2.02. The van der Waals surface area contributed by atoms with Crippen molar-refractivity contribution in [2.75, 3.05) is 6.61 Å². The van der Waals surface area contributed by atoms with Crippen molar-refractivity contribution in [2.45, 2.75) is 213 Å². The molecule has 1 aliphatic rings. The average Bonchev–Trinajstić information content (AvgIpc) is 2.98. The van der Waals surface area contributed by atoms with E-state index in [1.807, 2.05) is 6.82 Å². The van der Waals surface area contributed by atoms with Gasteiger partial charge in [0.25, 0.3) is 0 Å². The summed E-state index contributed by atoms with van der Waals surface area (Å²) in [5, 5.41) is 3.20. The fourth-order valence-electron chi connectivity index (χ4n) is 6.09. The molecule has 246 valence electrons. The van der Waals surface area contributed by atoms with E-state index in [0.717, 1.165) is 19.3 Å². The van der Waals surface area contributed by atoms with Crippen LogP contribution in [0.2, 0.25) is 6.82 Å². The highest BCUT2D eigenvalue weighted by atomic mass is 16.6. The number of amides is 1. The minimum Gasteiger partial charge on any atom is -0.409 e. The molecule has 1 heterocycles. The molecular formula is C37H72BNO3. The monoisotopic (exact) mass is 590 g/mol. The summed E-state index contributed by atoms with van der Waals surface area (Å²) >= 11 is 0. The minimum absolute atomic E-state index is 0.0846. The Morgan fingerprint density at radius 1 is 0.643 bits per heavy atom. The van der Waals surface area contributed by atoms with Crippen molar-refractivity contribution < 1.29 is 14.1 Å². The molecule has 0 bridgehead atoms. The third-order valence-electron chi connectivity index (χ3n) is 8.91. The van der Waals surface area contributed by atoms with Crippen molar-refractivity contribution in [3.63, 3.8) is 0 Å². The van der Waals surface area contributed by atoms with Crippen LogP contribution >= 0.6 is 0 Å². The van der Waals surface area contributed by atoms with Crippen LogP contribution < -0.4 is 5.32 Å². The summed E-state index contributed by atoms with van der Waals surface area (Å²) in [4.78, 5) is 12.6. The molecule has 1 unspecified atom stereocenters. The van der Waals surface area contributed by atoms with Gasteiger partial charge in [0.1, 0.15) is 0 Å². The molecule has 1 rings (SSSR count). The SMILES string of the molecule is CCCCCCCCCCCCC/C=C/C1OB(C)OC[C@@H]1NC(=O)CCCCCCCCCCCCCCCCC. The van der Waals surface area contributed by atoms with Crippen molar-refractivity contribution in [3.05, 3.63) is 12.2 Å². The van der Waals surface area contributed by atoms with Crippen molar-refractivity contribution in [1.29, 1.82) is 0 Å². The van der Waals surface area contributed by atoms with Crippen LogP contribution in [-0.4, -0.2) is 31.8 Å². The van der Waals surface area contributed by atoms with Crippen LogP contribution in [0.1, 0.15) is 194 Å². The molecule has 0 aromatic rings. The molecule has 0 aromatic heterocycles. The van der Waals surface area contributed by atoms with E-state index in [9.17, 15) is 4.79 Å². The summed E-state index contributed by atoms with van der Waals surface area (Å²) in [5.41, 5.74) is 0. The first-order chi connectivity index (χ1) is 20.7. The van der Waals surface area contributed by atoms with Gasteiger partial charge in [-0.2, -0.15) is 0 Å². The number of hydrogen-bond acceptors (Lipinski definition) is 3. The van der Waals surface area contributed by atoms with Gasteiger partial charge in [-0.3, -0.25) is 4.79 Å². The van der Waals surface area contributed by atoms with Gasteiger partial charge in [0.2, 0.25) is 5.91 Å². The molecular weight excluding hydrogens is 517 g/mol. The molecule has 1 aliphatic heterocycles. The lowest BCUT2D eigenvalue weighted by molar-refractivity contribution is -0.123. The summed E-state index contributed by atoms with van der Waals surface area (Å²) in [6.07, 6.45) is 41.3. The quantitative estimate of drug-likeness (QED) is 0.0515. The Labute approximate surface area is 263 Å². The van der Waals surface area contributed by atoms with Crippen molar-refractivity contribution >= 4 is 13.0 Å². The maximum absolute atomic E-state index is 12.6. The zero-order valence-electron chi connectivity index (χ0n) is 28.6. The topological polar surface area (TPSA) is 47.6 Å². The molecule has 5 heteroatoms. The molecule has 1 fully saturated rings. The highest BCUT2D eigenvalue weighted by molar-refractivity contribution is 6.42. The van der Waals surface area contributed by atoms with Gasteiger partial charge >= 0.3 is 7.12 Å². The second kappa shape index (κ2) is 30.2. The summed E-state index contributed by atoms with van der Waals surface area (Å²) in [6, 6.07) is -0.0846. The first kappa shape index (κ1) is 39.2. The van der Waals surface area contributed by atoms with Gasteiger partial charge < -0.3 is 14.6 Å². The van der Waals surface area contributed by atoms with E-state index in [4.69, 9.17) is 9.31 Å². The lowest BCUT2D eigenvalue weighted by Crippen LogP contribution is -2.53. The number of carbonyl (C=O) groups is 1. The molecule has 0 spiro atoms. The van der Waals surface area contributed by atoms with E-state index < -0.39 is 0 Å². The summed E-state index contributed by atoms with van der Waals surface area (Å²) in [6.45, 7) is 7.04. The van der Waals surface area contributed by atoms with Gasteiger partial charge in [0.05, 0.1) is 18.8 Å². The number of hydrogen-bond donors (Lipinski definition) is 1. The maximum Gasteiger partial charge on any atom is 0.454 e. The number of allylic oxidation sites excluding steroid dienone is 1. The van der Waals surface area contributed by atoms with Gasteiger partial charge in [0, 0.05) is 6.42 Å². The van der Waals surface area contributed by atoms with Crippen molar-refractivity contribution in [2.24, 2.45) is 0 Å². The Hall–Kier alpha value is -0.805. The Kier molecular flexibility index (Phi) is 28.2. The van der Waals surface area contributed by atoms with Gasteiger partial charge in [-0.05, 0) is 26.1 Å². The lowest BCUT2D eigenvalue weighted by atomic mass is 9.90. The third kappa shape index (κ3) is 24.6. The van der Waals surface area contributed by atoms with E-state index in [1.54, 1.807) is 0 Å². The van der Waals surface area contributed by atoms with Crippen LogP contribution in [0.3, 0.4) is 0 Å². The Morgan fingerprint density at radius 3 is 1.50 bits per heavy atom. The van der Waals surface area contributed by atoms with Crippen LogP contribution in [0.15, 0.2) is 12.2 Å². The largest absolute Gasteiger partial charge is 0.454 e. The summed E-state index contributed by atoms with van der Waals surface area (Å²) < 4.78 is 11.7. The number of unbranched alkanes of at least 4 members (excludes halogenated alkanes) is 25. The predicted molar refractivity (Wildman–Crippen MR) is 184 cm³/mol. The molecule has 0 radical (unpaired) electrons. The highest BCUT2D eigenvalue weighted by Crippen LogP contribution is 2.17. The average molecular weight is 590 g/mol. The molecule has 0 aliphatic carbocycles. The van der Waals surface area contributed by atoms with Crippen LogP contribution in [0.25, 0.3) is 0 Å². The first-order valence-electron chi connectivity index (χ1n) is 18.9. The Bertz CT molecular complexity index is 614. The number of carbonyl (C=O) groups excluding carboxylic acids is 1. The van der Waals surface area contributed by atoms with Crippen LogP contribution in [0.5, 0.6) is 0 Å². The normalized spacial score (nSPS) is 17.4. The maximum atomic E-state index is 12.6. The molecule has 4 nitrogen and oxygen atoms in total. The smallest absolute Gasteiger partial charge is 0.409 e. The van der Waals surface area contributed by atoms with Gasteiger partial charge in [-0.15, -0.1) is 0 Å². The van der Waals surface area contributed by atoms with E-state index in [-0.39, 0.29) is 25.2 Å². The zero-order chi connectivity index (χ0) is 30.4. The summed E-state index contributed by atoms with van der Waals surface area (Å²) in [5.74, 6) is 0.139. The first-order valence-corrected chi connectivity index (χ1v) is 18.9. The van der Waals surface area contributed by atoms with E-state index in [1.165, 1.54) is 154 Å². The van der Waals surface area contributed by atoms with E-state index >= 15 is 0 Å². The number of nitrogens with one attached hydrogen (secondary N) is 1.